The van der Waals surface area contributed by atoms with Crippen molar-refractivity contribution in [2.75, 3.05) is 5.73 Å². The van der Waals surface area contributed by atoms with Crippen molar-refractivity contribution in [3.05, 3.63) is 59.2 Å². The number of aryl methyl sites for hydroxylation is 1. The van der Waals surface area contributed by atoms with Crippen LogP contribution >= 0.6 is 0 Å². The number of benzene rings is 2. The van der Waals surface area contributed by atoms with Crippen molar-refractivity contribution in [3.8, 4) is 5.75 Å². The van der Waals surface area contributed by atoms with E-state index in [4.69, 9.17) is 10.5 Å². The lowest BCUT2D eigenvalue weighted by molar-refractivity contribution is 0.101. The van der Waals surface area contributed by atoms with Gasteiger partial charge in [0.15, 0.2) is 5.78 Å². The number of carbonyl (C=O) groups is 1. The van der Waals surface area contributed by atoms with Crippen molar-refractivity contribution >= 4 is 11.5 Å². The maximum absolute atomic E-state index is 11.2. The predicted octanol–water partition coefficient (Wildman–Crippen LogP) is 3.36. The molecule has 0 aromatic heterocycles. The first-order chi connectivity index (χ1) is 9.06. The van der Waals surface area contributed by atoms with Crippen LogP contribution in [0.15, 0.2) is 42.5 Å². The Morgan fingerprint density at radius 3 is 2.42 bits per heavy atom. The third-order valence-corrected chi connectivity index (χ3v) is 2.93. The molecular formula is C16H17NO2. The topological polar surface area (TPSA) is 52.3 Å². The molecule has 0 saturated heterocycles. The Balaban J connectivity index is 2.07. The summed E-state index contributed by atoms with van der Waals surface area (Å²) in [6, 6.07) is 13.2. The second-order valence-corrected chi connectivity index (χ2v) is 4.58. The zero-order valence-electron chi connectivity index (χ0n) is 11.1. The standard InChI is InChI=1S/C16H17NO2/c1-11-3-5-13(6-4-11)10-19-16-8-7-14(12(2)18)9-15(16)17/h3-9H,10,17H2,1-2H3. The van der Waals surface area contributed by atoms with Crippen molar-refractivity contribution in [3.63, 3.8) is 0 Å². The molecule has 2 rings (SSSR count). The first-order valence-electron chi connectivity index (χ1n) is 6.15. The maximum atomic E-state index is 11.2. The monoisotopic (exact) mass is 255 g/mol. The zero-order valence-corrected chi connectivity index (χ0v) is 11.1. The zero-order chi connectivity index (χ0) is 13.8. The normalized spacial score (nSPS) is 10.2. The number of anilines is 1. The van der Waals surface area contributed by atoms with Crippen LogP contribution in [0.2, 0.25) is 0 Å². The molecule has 0 atom stereocenters. The van der Waals surface area contributed by atoms with Crippen LogP contribution in [-0.2, 0) is 6.61 Å². The summed E-state index contributed by atoms with van der Waals surface area (Å²) in [6.45, 7) is 4.02. The van der Waals surface area contributed by atoms with E-state index in [1.807, 2.05) is 31.2 Å². The maximum Gasteiger partial charge on any atom is 0.159 e. The highest BCUT2D eigenvalue weighted by Gasteiger charge is 2.05. The molecule has 3 heteroatoms. The first-order valence-corrected chi connectivity index (χ1v) is 6.15. The Morgan fingerprint density at radius 1 is 1.16 bits per heavy atom. The SMILES string of the molecule is CC(=O)c1ccc(OCc2ccc(C)cc2)c(N)c1. The summed E-state index contributed by atoms with van der Waals surface area (Å²) < 4.78 is 5.66. The quantitative estimate of drug-likeness (QED) is 0.673. The fourth-order valence-corrected chi connectivity index (χ4v) is 1.74. The molecule has 0 aliphatic carbocycles. The van der Waals surface area contributed by atoms with Gasteiger partial charge in [-0.3, -0.25) is 4.79 Å². The van der Waals surface area contributed by atoms with E-state index in [1.165, 1.54) is 12.5 Å². The number of hydrogen-bond acceptors (Lipinski definition) is 3. The van der Waals surface area contributed by atoms with E-state index in [-0.39, 0.29) is 5.78 Å². The summed E-state index contributed by atoms with van der Waals surface area (Å²) in [5, 5.41) is 0. The number of ether oxygens (including phenoxy) is 1. The van der Waals surface area contributed by atoms with E-state index >= 15 is 0 Å². The predicted molar refractivity (Wildman–Crippen MR) is 76.4 cm³/mol. The smallest absolute Gasteiger partial charge is 0.159 e. The van der Waals surface area contributed by atoms with Gasteiger partial charge in [-0.2, -0.15) is 0 Å². The third kappa shape index (κ3) is 3.35. The van der Waals surface area contributed by atoms with Gasteiger partial charge in [-0.25, -0.2) is 0 Å². The van der Waals surface area contributed by atoms with Gasteiger partial charge < -0.3 is 10.5 Å². The lowest BCUT2D eigenvalue weighted by atomic mass is 10.1. The van der Waals surface area contributed by atoms with Gasteiger partial charge in [0.1, 0.15) is 12.4 Å². The second kappa shape index (κ2) is 5.57. The largest absolute Gasteiger partial charge is 0.487 e. The minimum Gasteiger partial charge on any atom is -0.487 e. The lowest BCUT2D eigenvalue weighted by Gasteiger charge is -2.10. The van der Waals surface area contributed by atoms with E-state index in [2.05, 4.69) is 0 Å². The van der Waals surface area contributed by atoms with Gasteiger partial charge in [0.2, 0.25) is 0 Å². The highest BCUT2D eigenvalue weighted by molar-refractivity contribution is 5.95. The van der Waals surface area contributed by atoms with Gasteiger partial charge in [0.05, 0.1) is 5.69 Å². The molecule has 0 aliphatic heterocycles. The number of hydrogen-bond donors (Lipinski definition) is 1. The molecule has 0 unspecified atom stereocenters. The number of nitrogens with two attached hydrogens (primary N) is 1. The summed E-state index contributed by atoms with van der Waals surface area (Å²) >= 11 is 0. The number of ketones is 1. The van der Waals surface area contributed by atoms with Gasteiger partial charge in [-0.15, -0.1) is 0 Å². The molecule has 19 heavy (non-hydrogen) atoms. The van der Waals surface area contributed by atoms with E-state index in [0.717, 1.165) is 5.56 Å². The minimum atomic E-state index is -0.00298. The van der Waals surface area contributed by atoms with Crippen LogP contribution in [0.25, 0.3) is 0 Å². The Hall–Kier alpha value is -2.29. The Bertz CT molecular complexity index is 588. The van der Waals surface area contributed by atoms with Crippen LogP contribution in [0.1, 0.15) is 28.4 Å². The fourth-order valence-electron chi connectivity index (χ4n) is 1.74. The molecule has 0 aliphatic rings. The molecule has 3 nitrogen and oxygen atoms in total. The molecule has 2 N–H and O–H groups in total. The van der Waals surface area contributed by atoms with Crippen molar-refractivity contribution < 1.29 is 9.53 Å². The van der Waals surface area contributed by atoms with Crippen molar-refractivity contribution in [2.24, 2.45) is 0 Å². The van der Waals surface area contributed by atoms with E-state index < -0.39 is 0 Å². The van der Waals surface area contributed by atoms with Crippen molar-refractivity contribution in [1.82, 2.24) is 0 Å². The summed E-state index contributed by atoms with van der Waals surface area (Å²) in [4.78, 5) is 11.2. The van der Waals surface area contributed by atoms with E-state index in [1.54, 1.807) is 18.2 Å². The molecule has 0 bridgehead atoms. The number of nitrogen functional groups attached to an aromatic ring is 1. The second-order valence-electron chi connectivity index (χ2n) is 4.58. The molecule has 0 radical (unpaired) electrons. The van der Waals surface area contributed by atoms with Gasteiger partial charge in [-0.05, 0) is 37.6 Å². The average Bonchev–Trinajstić information content (AvgIpc) is 2.39. The Labute approximate surface area is 113 Å². The van der Waals surface area contributed by atoms with E-state index in [0.29, 0.717) is 23.6 Å². The van der Waals surface area contributed by atoms with Gasteiger partial charge in [0, 0.05) is 5.56 Å². The molecule has 0 spiro atoms. The molecular weight excluding hydrogens is 238 g/mol. The molecule has 0 heterocycles. The van der Waals surface area contributed by atoms with Crippen LogP contribution in [0, 0.1) is 6.92 Å². The van der Waals surface area contributed by atoms with Crippen LogP contribution in [0.5, 0.6) is 5.75 Å². The highest BCUT2D eigenvalue weighted by Crippen LogP contribution is 2.23. The molecule has 0 amide bonds. The van der Waals surface area contributed by atoms with Crippen molar-refractivity contribution in [1.29, 1.82) is 0 Å². The third-order valence-electron chi connectivity index (χ3n) is 2.93. The van der Waals surface area contributed by atoms with Gasteiger partial charge >= 0.3 is 0 Å². The summed E-state index contributed by atoms with van der Waals surface area (Å²) in [5.41, 5.74) is 9.25. The highest BCUT2D eigenvalue weighted by atomic mass is 16.5. The molecule has 0 fully saturated rings. The lowest BCUT2D eigenvalue weighted by Crippen LogP contribution is -2.01. The molecule has 2 aromatic carbocycles. The molecule has 2 aromatic rings. The van der Waals surface area contributed by atoms with Crippen LogP contribution in [0.3, 0.4) is 0 Å². The number of Topliss-reactive ketones (excluding diaryl/α,β-unsaturated/α-hetero) is 1. The first kappa shape index (κ1) is 13.1. The van der Waals surface area contributed by atoms with Gasteiger partial charge in [0.25, 0.3) is 0 Å². The molecule has 98 valence electrons. The fraction of sp³-hybridized carbons (Fsp3) is 0.188. The van der Waals surface area contributed by atoms with Crippen molar-refractivity contribution in [2.45, 2.75) is 20.5 Å². The minimum absolute atomic E-state index is 0.00298. The summed E-state index contributed by atoms with van der Waals surface area (Å²) in [7, 11) is 0. The Morgan fingerprint density at radius 2 is 1.84 bits per heavy atom. The summed E-state index contributed by atoms with van der Waals surface area (Å²) in [6.07, 6.45) is 0. The van der Waals surface area contributed by atoms with E-state index in [9.17, 15) is 4.79 Å². The van der Waals surface area contributed by atoms with Gasteiger partial charge in [-0.1, -0.05) is 29.8 Å². The summed E-state index contributed by atoms with van der Waals surface area (Å²) in [5.74, 6) is 0.599. The Kier molecular flexibility index (Phi) is 3.85. The number of carbonyl (C=O) groups excluding carboxylic acids is 1. The number of rotatable bonds is 4. The average molecular weight is 255 g/mol. The molecule has 0 saturated carbocycles. The van der Waals surface area contributed by atoms with Crippen LogP contribution in [-0.4, -0.2) is 5.78 Å². The van der Waals surface area contributed by atoms with Crippen LogP contribution in [0.4, 0.5) is 5.69 Å². The van der Waals surface area contributed by atoms with Crippen LogP contribution < -0.4 is 10.5 Å².